The maximum Gasteiger partial charge on any atom is 0.328 e. The molecule has 7 aromatic rings. The number of rotatable bonds is 3. The summed E-state index contributed by atoms with van der Waals surface area (Å²) in [5.74, 6) is 0.436. The van der Waals surface area contributed by atoms with Crippen LogP contribution in [0.1, 0.15) is 0 Å². The molecule has 5 nitrogen and oxygen atoms in total. The monoisotopic (exact) mass is 495 g/mol. The molecule has 0 fully saturated rings. The Morgan fingerprint density at radius 1 is 0.658 bits per heavy atom. The Morgan fingerprint density at radius 2 is 1.21 bits per heavy atom. The second-order valence-corrected chi connectivity index (χ2v) is 9.68. The summed E-state index contributed by atoms with van der Waals surface area (Å²) < 4.78 is 8.87. The van der Waals surface area contributed by atoms with E-state index in [1.54, 1.807) is 30.3 Å². The molecule has 0 saturated heterocycles. The molecule has 0 bridgehead atoms. The molecule has 0 atom stereocenters. The molecule has 5 heteroatoms. The van der Waals surface area contributed by atoms with Crippen LogP contribution in [0.15, 0.2) is 102 Å². The smallest absolute Gasteiger partial charge is 0.328 e. The Bertz CT molecular complexity index is 2060. The highest BCUT2D eigenvalue weighted by molar-refractivity contribution is 6.23. The van der Waals surface area contributed by atoms with Crippen LogP contribution in [0.25, 0.3) is 65.6 Å². The molecule has 2 heterocycles. The van der Waals surface area contributed by atoms with Crippen molar-refractivity contribution < 1.29 is 4.74 Å². The number of ether oxygens (including phenoxy) is 1. The van der Waals surface area contributed by atoms with Crippen LogP contribution < -0.4 is 10.4 Å². The van der Waals surface area contributed by atoms with Gasteiger partial charge in [0.15, 0.2) is 0 Å². The van der Waals surface area contributed by atoms with E-state index in [-0.39, 0.29) is 5.69 Å². The number of hydrogen-bond acceptors (Lipinski definition) is 3. The van der Waals surface area contributed by atoms with Crippen LogP contribution >= 0.6 is 0 Å². The zero-order valence-electron chi connectivity index (χ0n) is 21.4. The van der Waals surface area contributed by atoms with E-state index >= 15 is 0 Å². The third-order valence-electron chi connectivity index (χ3n) is 7.67. The lowest BCUT2D eigenvalue weighted by atomic mass is 9.85. The quantitative estimate of drug-likeness (QED) is 0.246. The minimum absolute atomic E-state index is 0.117. The van der Waals surface area contributed by atoms with Crippen molar-refractivity contribution in [2.24, 2.45) is 14.1 Å². The molecule has 0 aliphatic rings. The van der Waals surface area contributed by atoms with Gasteiger partial charge in [-0.2, -0.15) is 0 Å². The van der Waals surface area contributed by atoms with Gasteiger partial charge in [0.05, 0.1) is 12.6 Å². The first-order chi connectivity index (χ1) is 18.6. The largest absolute Gasteiger partial charge is 0.479 e. The van der Waals surface area contributed by atoms with Gasteiger partial charge in [0.25, 0.3) is 0 Å². The summed E-state index contributed by atoms with van der Waals surface area (Å²) in [6.45, 7) is 0. The SMILES string of the molecule is COc1ncc(-c2c3ccccc3c(-c3ccc4ccccc4c3)c3ccccc23)c2c1n(C)c(=O)n2C. The standard InChI is InChI=1S/C33H25N3O2/c1-35-30-27(19-34-32(38-3)31(30)36(2)33(35)37)29-25-14-8-6-12-23(25)28(24-13-7-9-15-26(24)29)22-17-16-20-10-4-5-11-21(20)18-22/h4-19H,1-3H3. The summed E-state index contributed by atoms with van der Waals surface area (Å²) in [6, 6.07) is 32.2. The molecule has 0 aliphatic heterocycles. The average Bonchev–Trinajstić information content (AvgIpc) is 3.19. The zero-order chi connectivity index (χ0) is 26.0. The molecular weight excluding hydrogens is 470 g/mol. The molecule has 7 rings (SSSR count). The molecule has 2 aromatic heterocycles. The molecule has 38 heavy (non-hydrogen) atoms. The van der Waals surface area contributed by atoms with Gasteiger partial charge in [-0.3, -0.25) is 9.13 Å². The Balaban J connectivity index is 1.66. The van der Waals surface area contributed by atoms with E-state index < -0.39 is 0 Å². The van der Waals surface area contributed by atoms with E-state index in [0.717, 1.165) is 38.2 Å². The minimum atomic E-state index is -0.117. The van der Waals surface area contributed by atoms with E-state index in [1.165, 1.54) is 21.9 Å². The van der Waals surface area contributed by atoms with Crippen LogP contribution in [0.3, 0.4) is 0 Å². The third-order valence-corrected chi connectivity index (χ3v) is 7.67. The summed E-state index contributed by atoms with van der Waals surface area (Å²) in [5, 5.41) is 6.96. The molecule has 184 valence electrons. The highest BCUT2D eigenvalue weighted by atomic mass is 16.5. The summed E-state index contributed by atoms with van der Waals surface area (Å²) in [7, 11) is 5.15. The lowest BCUT2D eigenvalue weighted by Gasteiger charge is -2.19. The molecule has 0 amide bonds. The topological polar surface area (TPSA) is 49.1 Å². The van der Waals surface area contributed by atoms with Gasteiger partial charge in [-0.15, -0.1) is 0 Å². The van der Waals surface area contributed by atoms with Gasteiger partial charge in [0.2, 0.25) is 5.88 Å². The van der Waals surface area contributed by atoms with Crippen LogP contribution in [0.4, 0.5) is 0 Å². The van der Waals surface area contributed by atoms with Gasteiger partial charge < -0.3 is 4.74 Å². The van der Waals surface area contributed by atoms with Crippen LogP contribution in [0.2, 0.25) is 0 Å². The van der Waals surface area contributed by atoms with Gasteiger partial charge in [-0.1, -0.05) is 84.9 Å². The first-order valence-corrected chi connectivity index (χ1v) is 12.6. The number of benzene rings is 5. The molecule has 0 spiro atoms. The maximum atomic E-state index is 13.1. The van der Waals surface area contributed by atoms with E-state index in [2.05, 4.69) is 96.0 Å². The number of fused-ring (bicyclic) bond motifs is 4. The van der Waals surface area contributed by atoms with Crippen LogP contribution in [0, 0.1) is 0 Å². The van der Waals surface area contributed by atoms with Gasteiger partial charge in [0.1, 0.15) is 5.52 Å². The Labute approximate surface area is 219 Å². The first-order valence-electron chi connectivity index (χ1n) is 12.6. The van der Waals surface area contributed by atoms with Gasteiger partial charge in [-0.05, 0) is 49.5 Å². The summed E-state index contributed by atoms with van der Waals surface area (Å²) >= 11 is 0. The third kappa shape index (κ3) is 3.05. The first kappa shape index (κ1) is 22.3. The Kier molecular flexibility index (Phi) is 4.88. The van der Waals surface area contributed by atoms with E-state index in [0.29, 0.717) is 11.4 Å². The summed E-state index contributed by atoms with van der Waals surface area (Å²) in [4.78, 5) is 17.7. The fraction of sp³-hybridized carbons (Fsp3) is 0.0909. The predicted molar refractivity (Wildman–Crippen MR) is 156 cm³/mol. The van der Waals surface area contributed by atoms with Crippen LogP contribution in [-0.4, -0.2) is 21.2 Å². The van der Waals surface area contributed by atoms with Crippen molar-refractivity contribution in [3.63, 3.8) is 0 Å². The summed E-state index contributed by atoms with van der Waals surface area (Å²) in [6.07, 6.45) is 1.84. The molecule has 0 radical (unpaired) electrons. The minimum Gasteiger partial charge on any atom is -0.479 e. The average molecular weight is 496 g/mol. The second kappa shape index (κ2) is 8.32. The van der Waals surface area contributed by atoms with Crippen LogP contribution in [-0.2, 0) is 14.1 Å². The van der Waals surface area contributed by atoms with E-state index in [9.17, 15) is 4.79 Å². The number of imidazole rings is 1. The van der Waals surface area contributed by atoms with E-state index in [1.807, 2.05) is 6.20 Å². The van der Waals surface area contributed by atoms with Crippen molar-refractivity contribution >= 4 is 43.4 Å². The van der Waals surface area contributed by atoms with Crippen molar-refractivity contribution in [2.45, 2.75) is 0 Å². The van der Waals surface area contributed by atoms with Crippen molar-refractivity contribution in [3.8, 4) is 28.1 Å². The van der Waals surface area contributed by atoms with E-state index in [4.69, 9.17) is 4.74 Å². The molecule has 0 aliphatic carbocycles. The Hall–Kier alpha value is -4.90. The van der Waals surface area contributed by atoms with Crippen LogP contribution in [0.5, 0.6) is 5.88 Å². The molecular formula is C33H25N3O2. The highest BCUT2D eigenvalue weighted by Crippen LogP contribution is 2.45. The number of aryl methyl sites for hydroxylation is 2. The summed E-state index contributed by atoms with van der Waals surface area (Å²) in [5.41, 5.74) is 5.70. The van der Waals surface area contributed by atoms with Gasteiger partial charge >= 0.3 is 5.69 Å². The second-order valence-electron chi connectivity index (χ2n) is 9.68. The Morgan fingerprint density at radius 3 is 1.84 bits per heavy atom. The fourth-order valence-electron chi connectivity index (χ4n) is 5.94. The molecule has 5 aromatic carbocycles. The van der Waals surface area contributed by atoms with Gasteiger partial charge in [0, 0.05) is 31.4 Å². The van der Waals surface area contributed by atoms with Crippen molar-refractivity contribution in [1.82, 2.24) is 14.1 Å². The number of pyridine rings is 1. The lowest BCUT2D eigenvalue weighted by Crippen LogP contribution is -2.19. The fourth-order valence-corrected chi connectivity index (χ4v) is 5.94. The molecule has 0 unspecified atom stereocenters. The number of nitrogens with zero attached hydrogens (tertiary/aromatic N) is 3. The predicted octanol–water partition coefficient (Wildman–Crippen LogP) is 7.07. The number of aromatic nitrogens is 3. The molecule has 0 N–H and O–H groups in total. The van der Waals surface area contributed by atoms with Gasteiger partial charge in [-0.25, -0.2) is 9.78 Å². The highest BCUT2D eigenvalue weighted by Gasteiger charge is 2.23. The molecule has 0 saturated carbocycles. The van der Waals surface area contributed by atoms with Crippen molar-refractivity contribution in [2.75, 3.05) is 7.11 Å². The zero-order valence-corrected chi connectivity index (χ0v) is 21.4. The van der Waals surface area contributed by atoms with Crippen molar-refractivity contribution in [3.05, 3.63) is 108 Å². The number of hydrogen-bond donors (Lipinski definition) is 0. The number of methoxy groups -OCH3 is 1. The maximum absolute atomic E-state index is 13.1. The lowest BCUT2D eigenvalue weighted by molar-refractivity contribution is 0.401. The normalized spacial score (nSPS) is 11.7. The van der Waals surface area contributed by atoms with Crippen molar-refractivity contribution in [1.29, 1.82) is 0 Å².